The van der Waals surface area contributed by atoms with E-state index >= 15 is 0 Å². The van der Waals surface area contributed by atoms with Gasteiger partial charge in [-0.15, -0.1) is 0 Å². The maximum absolute atomic E-state index is 13.2. The topological polar surface area (TPSA) is 104 Å². The van der Waals surface area contributed by atoms with Crippen molar-refractivity contribution in [3.05, 3.63) is 46.1 Å². The number of benzene rings is 1. The molecule has 3 unspecified atom stereocenters. The molecule has 1 aromatic rings. The molecule has 0 saturated carbocycles. The first-order valence-corrected chi connectivity index (χ1v) is 24.0. The van der Waals surface area contributed by atoms with Crippen LogP contribution in [0, 0.1) is 12.8 Å². The van der Waals surface area contributed by atoms with Crippen molar-refractivity contribution in [1.29, 1.82) is 0 Å². The number of allylic oxidation sites excluding steroid dienone is 4. The summed E-state index contributed by atoms with van der Waals surface area (Å²) < 4.78 is 28.6. The first-order chi connectivity index (χ1) is 20.1. The van der Waals surface area contributed by atoms with E-state index in [4.69, 9.17) is 23.5 Å². The molecule has 0 fully saturated rings. The largest absolute Gasteiger partial charge is 0.496 e. The number of methoxy groups -OCH3 is 1. The Morgan fingerprint density at radius 3 is 2.33 bits per heavy atom. The molecule has 43 heavy (non-hydrogen) atoms. The van der Waals surface area contributed by atoms with Crippen LogP contribution in [-0.4, -0.2) is 65.7 Å². The number of carbonyl (C=O) groups is 1. The number of rotatable bonds is 18. The lowest BCUT2D eigenvalue weighted by molar-refractivity contribution is -0.147. The van der Waals surface area contributed by atoms with E-state index in [-0.39, 0.29) is 11.9 Å². The van der Waals surface area contributed by atoms with Crippen LogP contribution in [0.4, 0.5) is 0 Å². The molecule has 1 aliphatic heterocycles. The van der Waals surface area contributed by atoms with Crippen LogP contribution in [-0.2, 0) is 31.8 Å². The Hall–Kier alpha value is -1.53. The van der Waals surface area contributed by atoms with Gasteiger partial charge in [-0.05, 0) is 56.3 Å². The van der Waals surface area contributed by atoms with Crippen LogP contribution >= 0.6 is 8.38 Å². The fourth-order valence-corrected chi connectivity index (χ4v) is 6.74. The third kappa shape index (κ3) is 12.4. The number of fused-ring (bicyclic) bond motifs is 1. The molecular formula is C32H55O8PSi2. The predicted molar refractivity (Wildman–Crippen MR) is 181 cm³/mol. The predicted octanol–water partition coefficient (Wildman–Crippen LogP) is 7.52. The van der Waals surface area contributed by atoms with Gasteiger partial charge >= 0.3 is 5.97 Å². The van der Waals surface area contributed by atoms with Crippen LogP contribution in [0.2, 0.25) is 51.4 Å². The Balaban J connectivity index is 2.33. The van der Waals surface area contributed by atoms with Gasteiger partial charge in [0.1, 0.15) is 11.5 Å². The maximum atomic E-state index is 13.2. The number of hydrogen-bond acceptors (Lipinski definition) is 8. The number of ether oxygens (including phenoxy) is 4. The number of aliphatic hydroxyl groups is 1. The zero-order chi connectivity index (χ0) is 32.4. The highest BCUT2D eigenvalue weighted by atomic mass is 31.2. The fourth-order valence-electron chi connectivity index (χ4n) is 4.83. The van der Waals surface area contributed by atoms with Crippen molar-refractivity contribution in [3.8, 4) is 11.5 Å². The molecule has 0 aromatic heterocycles. The molecular weight excluding hydrogens is 599 g/mol. The summed E-state index contributed by atoms with van der Waals surface area (Å²) in [7, 11) is -1.01. The van der Waals surface area contributed by atoms with Gasteiger partial charge in [0.25, 0.3) is 0 Å². The van der Waals surface area contributed by atoms with Crippen molar-refractivity contribution in [2.75, 3.05) is 33.6 Å². The Morgan fingerprint density at radius 2 is 1.72 bits per heavy atom. The van der Waals surface area contributed by atoms with Crippen LogP contribution < -0.4 is 9.47 Å². The molecule has 0 saturated heterocycles. The minimum absolute atomic E-state index is 0.199. The van der Waals surface area contributed by atoms with E-state index in [1.54, 1.807) is 7.11 Å². The van der Waals surface area contributed by atoms with Gasteiger partial charge in [0.05, 0.1) is 38.4 Å². The molecule has 3 atom stereocenters. The SMILES string of the molecule is COc1c(C)c2c(c(OCC[Si](C)(C)C)c1C/C=C(\C)CC(C/C=C/CP(O)OC)C(=O)OCC[Si](C)(C)C)C(O)OC2. The van der Waals surface area contributed by atoms with Crippen LogP contribution in [0.3, 0.4) is 0 Å². The van der Waals surface area contributed by atoms with Gasteiger partial charge < -0.3 is 33.5 Å². The fraction of sp³-hybridized carbons (Fsp3) is 0.656. The minimum atomic E-state index is -1.48. The van der Waals surface area contributed by atoms with Gasteiger partial charge in [-0.3, -0.25) is 4.79 Å². The van der Waals surface area contributed by atoms with Crippen LogP contribution in [0.1, 0.15) is 48.3 Å². The smallest absolute Gasteiger partial charge is 0.309 e. The van der Waals surface area contributed by atoms with Gasteiger partial charge in [-0.2, -0.15) is 0 Å². The molecule has 0 spiro atoms. The standard InChI is InChI=1S/C32H55O8PSi2/c1-23(21-25(13-11-12-18-41(35)37-4)31(33)39-17-20-43(8,9)10)14-15-26-29(36-3)24(2)27-22-40-32(34)28(27)30(26)38-16-19-42(5,6)7/h11-12,14,25,32,34-35H,13,15-22H2,1-10H3/b12-11+,23-14+. The summed E-state index contributed by atoms with van der Waals surface area (Å²) in [6, 6.07) is 1.91. The van der Waals surface area contributed by atoms with E-state index in [0.29, 0.717) is 56.6 Å². The monoisotopic (exact) mass is 654 g/mol. The highest BCUT2D eigenvalue weighted by Gasteiger charge is 2.33. The summed E-state index contributed by atoms with van der Waals surface area (Å²) >= 11 is 0. The second-order valence-electron chi connectivity index (χ2n) is 13.7. The normalized spacial score (nSPS) is 17.2. The third-order valence-corrected chi connectivity index (χ3v) is 11.9. The Labute approximate surface area is 262 Å². The lowest BCUT2D eigenvalue weighted by Crippen LogP contribution is -2.25. The van der Waals surface area contributed by atoms with E-state index in [2.05, 4.69) is 45.4 Å². The molecule has 244 valence electrons. The van der Waals surface area contributed by atoms with Crippen LogP contribution in [0.25, 0.3) is 0 Å². The van der Waals surface area contributed by atoms with Gasteiger partial charge in [0.2, 0.25) is 0 Å². The van der Waals surface area contributed by atoms with Crippen molar-refractivity contribution >= 4 is 30.5 Å². The van der Waals surface area contributed by atoms with E-state index in [0.717, 1.165) is 40.1 Å². The number of aliphatic hydroxyl groups excluding tert-OH is 1. The molecule has 1 aliphatic rings. The van der Waals surface area contributed by atoms with Gasteiger partial charge in [0.15, 0.2) is 14.7 Å². The third-order valence-electron chi connectivity index (χ3n) is 7.56. The summed E-state index contributed by atoms with van der Waals surface area (Å²) in [5.74, 6) is 0.851. The molecule has 1 heterocycles. The summed E-state index contributed by atoms with van der Waals surface area (Å²) in [4.78, 5) is 22.9. The Bertz CT molecular complexity index is 1120. The summed E-state index contributed by atoms with van der Waals surface area (Å²) in [6.45, 7) is 19.1. The van der Waals surface area contributed by atoms with E-state index < -0.39 is 30.8 Å². The first-order valence-electron chi connectivity index (χ1n) is 15.2. The van der Waals surface area contributed by atoms with Gasteiger partial charge in [-0.1, -0.05) is 63.1 Å². The Kier molecular flexibility index (Phi) is 15.1. The molecule has 1 aromatic carbocycles. The van der Waals surface area contributed by atoms with E-state index in [1.807, 2.05) is 26.0 Å². The van der Waals surface area contributed by atoms with Gasteiger partial charge in [0, 0.05) is 35.0 Å². The highest BCUT2D eigenvalue weighted by Crippen LogP contribution is 2.46. The minimum Gasteiger partial charge on any atom is -0.496 e. The van der Waals surface area contributed by atoms with Crippen molar-refractivity contribution in [2.24, 2.45) is 5.92 Å². The average Bonchev–Trinajstić information content (AvgIpc) is 3.30. The highest BCUT2D eigenvalue weighted by molar-refractivity contribution is 7.46. The summed E-state index contributed by atoms with van der Waals surface area (Å²) in [5, 5.41) is 10.7. The van der Waals surface area contributed by atoms with E-state index in [1.165, 1.54) is 7.11 Å². The zero-order valence-electron chi connectivity index (χ0n) is 28.0. The molecule has 2 N–H and O–H groups in total. The quantitative estimate of drug-likeness (QED) is 0.0726. The molecule has 2 rings (SSSR count). The summed E-state index contributed by atoms with van der Waals surface area (Å²) in [5.41, 5.74) is 4.49. The van der Waals surface area contributed by atoms with Gasteiger partial charge in [-0.25, -0.2) is 0 Å². The molecule has 0 bridgehead atoms. The molecule has 0 amide bonds. The molecule has 0 radical (unpaired) electrons. The Morgan fingerprint density at radius 1 is 1.07 bits per heavy atom. The molecule has 8 nitrogen and oxygen atoms in total. The number of hydrogen-bond donors (Lipinski definition) is 2. The maximum Gasteiger partial charge on any atom is 0.309 e. The van der Waals surface area contributed by atoms with Crippen LogP contribution in [0.15, 0.2) is 23.8 Å². The van der Waals surface area contributed by atoms with E-state index in [9.17, 15) is 14.8 Å². The van der Waals surface area contributed by atoms with Crippen molar-refractivity contribution in [1.82, 2.24) is 0 Å². The second kappa shape index (κ2) is 17.2. The second-order valence-corrected chi connectivity index (χ2v) is 26.4. The number of esters is 1. The number of carbonyl (C=O) groups excluding carboxylic acids is 1. The van der Waals surface area contributed by atoms with Crippen molar-refractivity contribution in [2.45, 2.75) is 97.4 Å². The molecule has 0 aliphatic carbocycles. The van der Waals surface area contributed by atoms with Crippen LogP contribution in [0.5, 0.6) is 11.5 Å². The summed E-state index contributed by atoms with van der Waals surface area (Å²) in [6.07, 6.45) is 6.87. The molecule has 11 heteroatoms. The van der Waals surface area contributed by atoms with Crippen molar-refractivity contribution in [3.63, 3.8) is 0 Å². The first kappa shape index (κ1) is 37.7. The zero-order valence-corrected chi connectivity index (χ0v) is 30.9. The lowest BCUT2D eigenvalue weighted by atomic mass is 9.92. The average molecular weight is 655 g/mol. The lowest BCUT2D eigenvalue weighted by Gasteiger charge is -2.23. The van der Waals surface area contributed by atoms with Crippen molar-refractivity contribution < 1.29 is 38.3 Å².